The molecule has 0 aliphatic carbocycles. The van der Waals surface area contributed by atoms with Gasteiger partial charge in [-0.25, -0.2) is 4.79 Å². The number of amides is 2. The fourth-order valence-corrected chi connectivity index (χ4v) is 4.12. The zero-order valence-corrected chi connectivity index (χ0v) is 18.4. The van der Waals surface area contributed by atoms with Crippen molar-refractivity contribution in [2.45, 2.75) is 26.8 Å². The molecule has 1 aliphatic rings. The van der Waals surface area contributed by atoms with E-state index in [4.69, 9.17) is 4.42 Å². The Kier molecular flexibility index (Phi) is 6.37. The van der Waals surface area contributed by atoms with Gasteiger partial charge >= 0.3 is 5.63 Å². The van der Waals surface area contributed by atoms with Crippen LogP contribution in [-0.2, 0) is 22.6 Å². The summed E-state index contributed by atoms with van der Waals surface area (Å²) in [5.41, 5.74) is 3.71. The molecule has 166 valence electrons. The molecule has 0 atom stereocenters. The summed E-state index contributed by atoms with van der Waals surface area (Å²) >= 11 is 0. The molecule has 0 spiro atoms. The number of fused-ring (bicyclic) bond motifs is 1. The molecule has 2 heterocycles. The summed E-state index contributed by atoms with van der Waals surface area (Å²) in [5, 5.41) is 3.55. The highest BCUT2D eigenvalue weighted by Gasteiger charge is 2.22. The molecule has 2 aromatic carbocycles. The maximum Gasteiger partial charge on any atom is 0.336 e. The smallest absolute Gasteiger partial charge is 0.336 e. The Hall–Kier alpha value is -3.45. The lowest BCUT2D eigenvalue weighted by molar-refractivity contribution is -0.132. The lowest BCUT2D eigenvalue weighted by Gasteiger charge is -2.35. The second-order valence-corrected chi connectivity index (χ2v) is 8.24. The first-order valence-electron chi connectivity index (χ1n) is 10.8. The third-order valence-corrected chi connectivity index (χ3v) is 5.87. The van der Waals surface area contributed by atoms with E-state index >= 15 is 0 Å². The molecule has 32 heavy (non-hydrogen) atoms. The van der Waals surface area contributed by atoms with Crippen LogP contribution in [0.4, 0.5) is 5.69 Å². The van der Waals surface area contributed by atoms with Gasteiger partial charge in [-0.1, -0.05) is 24.3 Å². The summed E-state index contributed by atoms with van der Waals surface area (Å²) in [6.45, 7) is 6.87. The van der Waals surface area contributed by atoms with Crippen LogP contribution in [0.15, 0.2) is 57.7 Å². The molecule has 1 N–H and O–H groups in total. The van der Waals surface area contributed by atoms with Gasteiger partial charge in [0.25, 0.3) is 0 Å². The fraction of sp³-hybridized carbons (Fsp3) is 0.320. The number of rotatable bonds is 5. The quantitative estimate of drug-likeness (QED) is 0.626. The summed E-state index contributed by atoms with van der Waals surface area (Å²) in [4.78, 5) is 40.3. The van der Waals surface area contributed by atoms with Gasteiger partial charge in [0.05, 0.1) is 6.42 Å². The maximum atomic E-state index is 12.7. The van der Waals surface area contributed by atoms with E-state index in [1.165, 1.54) is 13.0 Å². The van der Waals surface area contributed by atoms with E-state index in [0.29, 0.717) is 37.3 Å². The average molecular weight is 434 g/mol. The van der Waals surface area contributed by atoms with E-state index in [-0.39, 0.29) is 11.8 Å². The minimum Gasteiger partial charge on any atom is -0.423 e. The van der Waals surface area contributed by atoms with Crippen molar-refractivity contribution >= 4 is 28.5 Å². The Bertz CT molecular complexity index is 1210. The Balaban J connectivity index is 1.41. The molecular formula is C25H27N3O4. The topological polar surface area (TPSA) is 82.9 Å². The number of benzene rings is 2. The molecule has 3 aromatic rings. The predicted octanol–water partition coefficient (Wildman–Crippen LogP) is 2.95. The van der Waals surface area contributed by atoms with Crippen LogP contribution in [0, 0.1) is 6.92 Å². The van der Waals surface area contributed by atoms with Crippen molar-refractivity contribution in [1.82, 2.24) is 9.80 Å². The number of piperazine rings is 1. The second-order valence-electron chi connectivity index (χ2n) is 8.24. The van der Waals surface area contributed by atoms with Crippen molar-refractivity contribution < 1.29 is 14.0 Å². The molecule has 1 saturated heterocycles. The van der Waals surface area contributed by atoms with Gasteiger partial charge in [-0.2, -0.15) is 0 Å². The maximum absolute atomic E-state index is 12.7. The molecular weight excluding hydrogens is 406 g/mol. The molecule has 2 amide bonds. The third kappa shape index (κ3) is 5.06. The molecule has 4 rings (SSSR count). The van der Waals surface area contributed by atoms with Crippen LogP contribution in [0.1, 0.15) is 23.6 Å². The molecule has 0 radical (unpaired) electrons. The second kappa shape index (κ2) is 9.36. The van der Waals surface area contributed by atoms with Gasteiger partial charge in [0.2, 0.25) is 11.8 Å². The highest BCUT2D eigenvalue weighted by molar-refractivity contribution is 5.92. The largest absolute Gasteiger partial charge is 0.423 e. The van der Waals surface area contributed by atoms with Gasteiger partial charge in [-0.05, 0) is 35.7 Å². The summed E-state index contributed by atoms with van der Waals surface area (Å²) in [5.74, 6) is -0.0343. The van der Waals surface area contributed by atoms with Crippen LogP contribution < -0.4 is 10.9 Å². The molecule has 1 aliphatic heterocycles. The molecule has 0 bridgehead atoms. The lowest BCUT2D eigenvalue weighted by atomic mass is 10.0. The monoisotopic (exact) mass is 433 g/mol. The fourth-order valence-electron chi connectivity index (χ4n) is 4.12. The SMILES string of the molecule is CC(=O)Nc1ccc2c(CN3CCN(C(=O)Cc4ccccc4C)CC3)cc(=O)oc2c1. The number of hydrogen-bond acceptors (Lipinski definition) is 5. The molecule has 1 fully saturated rings. The van der Waals surface area contributed by atoms with E-state index in [0.717, 1.165) is 35.2 Å². The van der Waals surface area contributed by atoms with Crippen LogP contribution in [0.2, 0.25) is 0 Å². The number of nitrogens with zero attached hydrogens (tertiary/aromatic N) is 2. The number of nitrogens with one attached hydrogen (secondary N) is 1. The Morgan fingerprint density at radius 2 is 1.75 bits per heavy atom. The highest BCUT2D eigenvalue weighted by atomic mass is 16.4. The first-order valence-corrected chi connectivity index (χ1v) is 10.8. The van der Waals surface area contributed by atoms with Gasteiger partial charge in [0, 0.05) is 62.9 Å². The normalized spacial score (nSPS) is 14.5. The minimum absolute atomic E-state index is 0.148. The van der Waals surface area contributed by atoms with E-state index in [2.05, 4.69) is 10.2 Å². The van der Waals surface area contributed by atoms with Gasteiger partial charge < -0.3 is 14.6 Å². The summed E-state index contributed by atoms with van der Waals surface area (Å²) in [6.07, 6.45) is 0.424. The van der Waals surface area contributed by atoms with Crippen molar-refractivity contribution in [1.29, 1.82) is 0 Å². The van der Waals surface area contributed by atoms with Crippen LogP contribution in [-0.4, -0.2) is 47.8 Å². The van der Waals surface area contributed by atoms with Crippen molar-refractivity contribution in [3.63, 3.8) is 0 Å². The molecule has 0 unspecified atom stereocenters. The Labute approximate surface area is 186 Å². The number of carbonyl (C=O) groups is 2. The van der Waals surface area contributed by atoms with Crippen molar-refractivity contribution in [3.8, 4) is 0 Å². The van der Waals surface area contributed by atoms with Crippen LogP contribution in [0.5, 0.6) is 0 Å². The van der Waals surface area contributed by atoms with E-state index in [9.17, 15) is 14.4 Å². The van der Waals surface area contributed by atoms with Crippen LogP contribution in [0.25, 0.3) is 11.0 Å². The van der Waals surface area contributed by atoms with Crippen molar-refractivity contribution in [2.24, 2.45) is 0 Å². The van der Waals surface area contributed by atoms with Crippen LogP contribution in [0.3, 0.4) is 0 Å². The summed E-state index contributed by atoms with van der Waals surface area (Å²) < 4.78 is 5.35. The Morgan fingerprint density at radius 3 is 2.47 bits per heavy atom. The van der Waals surface area contributed by atoms with Crippen LogP contribution >= 0.6 is 0 Å². The lowest BCUT2D eigenvalue weighted by Crippen LogP contribution is -2.48. The van der Waals surface area contributed by atoms with Gasteiger partial charge in [0.15, 0.2) is 0 Å². The Morgan fingerprint density at radius 1 is 1.00 bits per heavy atom. The summed E-state index contributed by atoms with van der Waals surface area (Å²) in [6, 6.07) is 14.8. The minimum atomic E-state index is -0.417. The number of aryl methyl sites for hydroxylation is 1. The third-order valence-electron chi connectivity index (χ3n) is 5.87. The first-order chi connectivity index (χ1) is 15.4. The van der Waals surface area contributed by atoms with Gasteiger partial charge in [-0.15, -0.1) is 0 Å². The average Bonchev–Trinajstić information content (AvgIpc) is 2.75. The van der Waals surface area contributed by atoms with Crippen molar-refractivity contribution in [2.75, 3.05) is 31.5 Å². The number of hydrogen-bond donors (Lipinski definition) is 1. The van der Waals surface area contributed by atoms with Gasteiger partial charge in [0.1, 0.15) is 5.58 Å². The standard InChI is InChI=1S/C25H27N3O4/c1-17-5-3-4-6-19(17)13-24(30)28-11-9-27(10-12-28)16-20-14-25(31)32-23-15-21(26-18(2)29)7-8-22(20)23/h3-8,14-15H,9-13,16H2,1-2H3,(H,26,29). The molecule has 1 aromatic heterocycles. The van der Waals surface area contributed by atoms with E-state index in [1.54, 1.807) is 12.1 Å². The zero-order valence-electron chi connectivity index (χ0n) is 18.4. The van der Waals surface area contributed by atoms with Crippen molar-refractivity contribution in [3.05, 3.63) is 75.6 Å². The zero-order chi connectivity index (χ0) is 22.7. The molecule has 7 heteroatoms. The molecule has 7 nitrogen and oxygen atoms in total. The van der Waals surface area contributed by atoms with E-state index in [1.807, 2.05) is 42.2 Å². The number of carbonyl (C=O) groups excluding carboxylic acids is 2. The van der Waals surface area contributed by atoms with Gasteiger partial charge in [-0.3, -0.25) is 14.5 Å². The summed E-state index contributed by atoms with van der Waals surface area (Å²) in [7, 11) is 0. The highest BCUT2D eigenvalue weighted by Crippen LogP contribution is 2.23. The van der Waals surface area contributed by atoms with E-state index < -0.39 is 5.63 Å². The first kappa shape index (κ1) is 21.8. The predicted molar refractivity (Wildman–Crippen MR) is 124 cm³/mol. The molecule has 0 saturated carbocycles. The number of anilines is 1.